The van der Waals surface area contributed by atoms with E-state index in [1.54, 1.807) is 41.3 Å². The smallest absolute Gasteiger partial charge is 0.255 e. The van der Waals surface area contributed by atoms with E-state index < -0.39 is 10.0 Å². The van der Waals surface area contributed by atoms with Crippen LogP contribution in [0.4, 0.5) is 11.4 Å². The third-order valence-corrected chi connectivity index (χ3v) is 7.21. The Balaban J connectivity index is 1.61. The van der Waals surface area contributed by atoms with E-state index in [1.807, 2.05) is 6.92 Å². The van der Waals surface area contributed by atoms with Gasteiger partial charge < -0.3 is 10.2 Å². The molecular weight excluding hydrogens is 438 g/mol. The molecule has 0 spiro atoms. The molecule has 2 aromatic carbocycles. The Kier molecular flexibility index (Phi) is 5.70. The Morgan fingerprint density at radius 3 is 2.48 bits per heavy atom. The van der Waals surface area contributed by atoms with Gasteiger partial charge in [-0.2, -0.15) is 0 Å². The van der Waals surface area contributed by atoms with Crippen LogP contribution in [0.15, 0.2) is 36.4 Å². The Bertz CT molecular complexity index is 1160. The van der Waals surface area contributed by atoms with Gasteiger partial charge in [0.1, 0.15) is 0 Å². The number of anilines is 2. The quantitative estimate of drug-likeness (QED) is 0.754. The number of benzene rings is 2. The van der Waals surface area contributed by atoms with E-state index in [2.05, 4.69) is 5.32 Å². The van der Waals surface area contributed by atoms with E-state index in [9.17, 15) is 18.0 Å². The predicted octanol–water partition coefficient (Wildman–Crippen LogP) is 3.54. The average Bonchev–Trinajstić information content (AvgIpc) is 3.33. The Morgan fingerprint density at radius 2 is 1.81 bits per heavy atom. The van der Waals surface area contributed by atoms with Crippen LogP contribution in [0.2, 0.25) is 5.02 Å². The van der Waals surface area contributed by atoms with E-state index in [0.29, 0.717) is 47.0 Å². The van der Waals surface area contributed by atoms with Gasteiger partial charge in [-0.15, -0.1) is 0 Å². The number of carbonyl (C=O) groups excluding carboxylic acids is 2. The summed E-state index contributed by atoms with van der Waals surface area (Å²) in [5.74, 6) is -0.512. The summed E-state index contributed by atoms with van der Waals surface area (Å²) >= 11 is 6.12. The SMILES string of the molecule is CC1Cc2cc(C(=O)Nc3cc(Cl)ccc3C(=O)N3CCCC3)ccc2N1S(C)(=O)=O. The number of hydrogen-bond donors (Lipinski definition) is 1. The van der Waals surface area contributed by atoms with Crippen molar-refractivity contribution in [2.45, 2.75) is 32.2 Å². The minimum absolute atomic E-state index is 0.129. The van der Waals surface area contributed by atoms with Crippen molar-refractivity contribution in [1.29, 1.82) is 0 Å². The van der Waals surface area contributed by atoms with Gasteiger partial charge in [0.25, 0.3) is 11.8 Å². The fourth-order valence-electron chi connectivity index (χ4n) is 4.34. The third-order valence-electron chi connectivity index (χ3n) is 5.71. The molecule has 7 nitrogen and oxygen atoms in total. The van der Waals surface area contributed by atoms with Crippen LogP contribution >= 0.6 is 11.6 Å². The van der Waals surface area contributed by atoms with Gasteiger partial charge in [-0.3, -0.25) is 13.9 Å². The van der Waals surface area contributed by atoms with Gasteiger partial charge in [0.15, 0.2) is 0 Å². The normalized spacial score (nSPS) is 18.2. The van der Waals surface area contributed by atoms with Crippen LogP contribution in [-0.2, 0) is 16.4 Å². The van der Waals surface area contributed by atoms with Crippen molar-refractivity contribution in [3.05, 3.63) is 58.1 Å². The molecule has 1 unspecified atom stereocenters. The fourth-order valence-corrected chi connectivity index (χ4v) is 5.78. The predicted molar refractivity (Wildman–Crippen MR) is 121 cm³/mol. The van der Waals surface area contributed by atoms with Crippen LogP contribution in [0.5, 0.6) is 0 Å². The molecule has 2 aliphatic rings. The van der Waals surface area contributed by atoms with Crippen molar-refractivity contribution in [1.82, 2.24) is 4.90 Å². The molecule has 0 aromatic heterocycles. The summed E-state index contributed by atoms with van der Waals surface area (Å²) in [5, 5.41) is 3.23. The monoisotopic (exact) mass is 461 g/mol. The number of nitrogens with one attached hydrogen (secondary N) is 1. The highest BCUT2D eigenvalue weighted by atomic mass is 35.5. The molecule has 9 heteroatoms. The van der Waals surface area contributed by atoms with Crippen LogP contribution in [0, 0.1) is 0 Å². The summed E-state index contributed by atoms with van der Waals surface area (Å²) in [5.41, 5.74) is 2.55. The lowest BCUT2D eigenvalue weighted by molar-refractivity contribution is 0.0794. The number of likely N-dealkylation sites (tertiary alicyclic amines) is 1. The van der Waals surface area contributed by atoms with Crippen LogP contribution < -0.4 is 9.62 Å². The Hall–Kier alpha value is -2.58. The largest absolute Gasteiger partial charge is 0.339 e. The number of carbonyl (C=O) groups is 2. The zero-order valence-corrected chi connectivity index (χ0v) is 19.0. The second kappa shape index (κ2) is 8.16. The van der Waals surface area contributed by atoms with Crippen molar-refractivity contribution < 1.29 is 18.0 Å². The summed E-state index contributed by atoms with van der Waals surface area (Å²) in [6.45, 7) is 3.24. The summed E-state index contributed by atoms with van der Waals surface area (Å²) in [7, 11) is -3.40. The molecule has 1 atom stereocenters. The highest BCUT2D eigenvalue weighted by Gasteiger charge is 2.33. The van der Waals surface area contributed by atoms with Gasteiger partial charge in [-0.05, 0) is 68.1 Å². The Morgan fingerprint density at radius 1 is 1.10 bits per heavy atom. The minimum atomic E-state index is -3.40. The van der Waals surface area contributed by atoms with Crippen molar-refractivity contribution in [3.8, 4) is 0 Å². The third kappa shape index (κ3) is 4.27. The van der Waals surface area contributed by atoms with Crippen LogP contribution in [0.1, 0.15) is 46.0 Å². The van der Waals surface area contributed by atoms with Gasteiger partial charge in [-0.1, -0.05) is 11.6 Å². The molecule has 31 heavy (non-hydrogen) atoms. The standard InChI is InChI=1S/C22H24ClN3O4S/c1-14-11-16-12-15(5-8-20(16)26(14)31(2,29)30)21(27)24-19-13-17(23)6-7-18(19)22(28)25-9-3-4-10-25/h5-8,12-14H,3-4,9-11H2,1-2H3,(H,24,27). The molecule has 0 saturated carbocycles. The number of amides is 2. The molecule has 2 heterocycles. The van der Waals surface area contributed by atoms with Gasteiger partial charge in [0.2, 0.25) is 10.0 Å². The van der Waals surface area contributed by atoms with Crippen LogP contribution in [0.3, 0.4) is 0 Å². The first kappa shape index (κ1) is 21.6. The summed E-state index contributed by atoms with van der Waals surface area (Å²) in [6, 6.07) is 9.59. The summed E-state index contributed by atoms with van der Waals surface area (Å²) in [6.07, 6.45) is 3.65. The lowest BCUT2D eigenvalue weighted by Crippen LogP contribution is -2.34. The van der Waals surface area contributed by atoms with Crippen LogP contribution in [0.25, 0.3) is 0 Å². The average molecular weight is 462 g/mol. The Labute approximate surface area is 187 Å². The number of sulfonamides is 1. The van der Waals surface area contributed by atoms with Crippen molar-refractivity contribution in [3.63, 3.8) is 0 Å². The first-order chi connectivity index (χ1) is 14.6. The molecule has 164 valence electrons. The molecule has 0 radical (unpaired) electrons. The molecule has 1 fully saturated rings. The topological polar surface area (TPSA) is 86.8 Å². The van der Waals surface area contributed by atoms with Gasteiger partial charge in [0, 0.05) is 29.7 Å². The molecule has 1 N–H and O–H groups in total. The number of halogens is 1. The first-order valence-electron chi connectivity index (χ1n) is 10.2. The van der Waals surface area contributed by atoms with E-state index in [-0.39, 0.29) is 17.9 Å². The van der Waals surface area contributed by atoms with E-state index in [4.69, 9.17) is 11.6 Å². The maximum absolute atomic E-state index is 13.0. The number of nitrogens with zero attached hydrogens (tertiary/aromatic N) is 2. The van der Waals surface area contributed by atoms with Gasteiger partial charge in [0.05, 0.1) is 23.2 Å². The number of rotatable bonds is 4. The van der Waals surface area contributed by atoms with E-state index >= 15 is 0 Å². The maximum Gasteiger partial charge on any atom is 0.255 e. The summed E-state index contributed by atoms with van der Waals surface area (Å²) < 4.78 is 25.6. The molecule has 2 aromatic rings. The van der Waals surface area contributed by atoms with E-state index in [0.717, 1.165) is 18.4 Å². The molecular formula is C22H24ClN3O4S. The molecule has 0 bridgehead atoms. The lowest BCUT2D eigenvalue weighted by atomic mass is 10.1. The maximum atomic E-state index is 13.0. The minimum Gasteiger partial charge on any atom is -0.339 e. The fraction of sp³-hybridized carbons (Fsp3) is 0.364. The molecule has 1 saturated heterocycles. The van der Waals surface area contributed by atoms with Gasteiger partial charge >= 0.3 is 0 Å². The zero-order chi connectivity index (χ0) is 22.3. The van der Waals surface area contributed by atoms with Crippen molar-refractivity contribution in [2.75, 3.05) is 29.0 Å². The van der Waals surface area contributed by atoms with E-state index in [1.165, 1.54) is 10.6 Å². The number of fused-ring (bicyclic) bond motifs is 1. The molecule has 4 rings (SSSR count). The second-order valence-electron chi connectivity index (χ2n) is 8.10. The van der Waals surface area contributed by atoms with Crippen molar-refractivity contribution >= 4 is 44.8 Å². The highest BCUT2D eigenvalue weighted by Crippen LogP contribution is 2.35. The van der Waals surface area contributed by atoms with Gasteiger partial charge in [-0.25, -0.2) is 8.42 Å². The summed E-state index contributed by atoms with van der Waals surface area (Å²) in [4.78, 5) is 27.6. The molecule has 2 amide bonds. The highest BCUT2D eigenvalue weighted by molar-refractivity contribution is 7.92. The number of hydrogen-bond acceptors (Lipinski definition) is 4. The first-order valence-corrected chi connectivity index (χ1v) is 12.4. The van der Waals surface area contributed by atoms with Crippen LogP contribution in [-0.4, -0.2) is 50.5 Å². The van der Waals surface area contributed by atoms with Crippen molar-refractivity contribution in [2.24, 2.45) is 0 Å². The molecule has 2 aliphatic heterocycles. The zero-order valence-electron chi connectivity index (χ0n) is 17.4. The lowest BCUT2D eigenvalue weighted by Gasteiger charge is -2.22. The molecule has 0 aliphatic carbocycles. The second-order valence-corrected chi connectivity index (χ2v) is 10.4.